The molecule has 1 aromatic heterocycles. The first-order valence-corrected chi connectivity index (χ1v) is 6.80. The Morgan fingerprint density at radius 2 is 2.28 bits per heavy atom. The van der Waals surface area contributed by atoms with Gasteiger partial charge in [-0.2, -0.15) is 0 Å². The molecule has 5 heteroatoms. The van der Waals surface area contributed by atoms with Crippen LogP contribution in [0.5, 0.6) is 0 Å². The molecule has 1 heterocycles. The Hall–Kier alpha value is -1.54. The van der Waals surface area contributed by atoms with Crippen molar-refractivity contribution >= 4 is 17.7 Å². The summed E-state index contributed by atoms with van der Waals surface area (Å²) in [5.74, 6) is 3.44. The van der Waals surface area contributed by atoms with Crippen molar-refractivity contribution in [3.8, 4) is 12.3 Å². The van der Waals surface area contributed by atoms with E-state index in [9.17, 15) is 9.90 Å². The van der Waals surface area contributed by atoms with Crippen LogP contribution in [0.4, 0.5) is 0 Å². The molecule has 0 unspecified atom stereocenters. The topological polar surface area (TPSA) is 63.1 Å². The zero-order valence-corrected chi connectivity index (χ0v) is 11.0. The van der Waals surface area contributed by atoms with E-state index in [0.717, 1.165) is 18.7 Å². The number of thioether (sulfide) groups is 1. The second kappa shape index (κ2) is 5.40. The minimum absolute atomic E-state index is 0.210. The van der Waals surface area contributed by atoms with E-state index in [0.29, 0.717) is 28.8 Å². The molecule has 1 fully saturated rings. The minimum atomic E-state index is -0.974. The van der Waals surface area contributed by atoms with Crippen LogP contribution in [0.15, 0.2) is 5.03 Å². The van der Waals surface area contributed by atoms with Gasteiger partial charge >= 0.3 is 5.97 Å². The largest absolute Gasteiger partial charge is 0.478 e. The average Bonchev–Trinajstić information content (AvgIpc) is 3.11. The van der Waals surface area contributed by atoms with Crippen LogP contribution in [0, 0.1) is 19.3 Å². The molecule has 1 aliphatic carbocycles. The molecule has 94 valence electrons. The van der Waals surface area contributed by atoms with Crippen LogP contribution in [0.1, 0.15) is 47.1 Å². The highest BCUT2D eigenvalue weighted by Gasteiger charge is 2.29. The third-order valence-corrected chi connectivity index (χ3v) is 3.69. The molecule has 0 aliphatic heterocycles. The zero-order chi connectivity index (χ0) is 13.1. The number of aromatic nitrogens is 2. The van der Waals surface area contributed by atoms with Gasteiger partial charge in [-0.15, -0.1) is 24.1 Å². The van der Waals surface area contributed by atoms with E-state index in [1.165, 1.54) is 11.8 Å². The Morgan fingerprint density at radius 3 is 2.83 bits per heavy atom. The summed E-state index contributed by atoms with van der Waals surface area (Å²) in [6.45, 7) is 1.72. The van der Waals surface area contributed by atoms with Crippen molar-refractivity contribution in [3.63, 3.8) is 0 Å². The molecule has 1 aromatic rings. The van der Waals surface area contributed by atoms with Crippen LogP contribution in [-0.2, 0) is 0 Å². The first-order chi connectivity index (χ1) is 8.63. The van der Waals surface area contributed by atoms with Crippen LogP contribution in [0.25, 0.3) is 0 Å². The van der Waals surface area contributed by atoms with Crippen molar-refractivity contribution in [2.45, 2.75) is 37.1 Å². The number of carboxylic acids is 1. The van der Waals surface area contributed by atoms with Crippen molar-refractivity contribution in [1.29, 1.82) is 0 Å². The summed E-state index contributed by atoms with van der Waals surface area (Å²) in [4.78, 5) is 19.9. The maximum Gasteiger partial charge on any atom is 0.340 e. The molecule has 0 saturated heterocycles. The van der Waals surface area contributed by atoms with Crippen molar-refractivity contribution in [2.24, 2.45) is 0 Å². The van der Waals surface area contributed by atoms with Gasteiger partial charge in [0.2, 0.25) is 0 Å². The molecule has 2 rings (SSSR count). The lowest BCUT2D eigenvalue weighted by molar-refractivity contribution is 0.0690. The number of carbonyl (C=O) groups is 1. The van der Waals surface area contributed by atoms with Crippen molar-refractivity contribution in [2.75, 3.05) is 5.75 Å². The third-order valence-electron chi connectivity index (χ3n) is 2.72. The van der Waals surface area contributed by atoms with E-state index >= 15 is 0 Å². The highest BCUT2D eigenvalue weighted by atomic mass is 32.2. The molecule has 0 bridgehead atoms. The van der Waals surface area contributed by atoms with Crippen LogP contribution in [-0.4, -0.2) is 26.8 Å². The Kier molecular flexibility index (Phi) is 3.87. The number of hydrogen-bond acceptors (Lipinski definition) is 4. The number of carboxylic acid groups (broad SMARTS) is 1. The molecule has 18 heavy (non-hydrogen) atoms. The van der Waals surface area contributed by atoms with E-state index in [1.54, 1.807) is 6.92 Å². The summed E-state index contributed by atoms with van der Waals surface area (Å²) >= 11 is 1.40. The lowest BCUT2D eigenvalue weighted by Gasteiger charge is -2.09. The molecule has 0 spiro atoms. The SMILES string of the molecule is C#CCCSc1nc(C2CC2)nc(C)c1C(=O)O. The van der Waals surface area contributed by atoms with Gasteiger partial charge < -0.3 is 5.11 Å². The number of aromatic carboxylic acids is 1. The fraction of sp³-hybridized carbons (Fsp3) is 0.462. The van der Waals surface area contributed by atoms with Gasteiger partial charge in [0.25, 0.3) is 0 Å². The number of nitrogens with zero attached hydrogens (tertiary/aromatic N) is 2. The Morgan fingerprint density at radius 1 is 1.56 bits per heavy atom. The van der Waals surface area contributed by atoms with Gasteiger partial charge in [0.15, 0.2) is 0 Å². The number of terminal acetylenes is 1. The fourth-order valence-corrected chi connectivity index (χ4v) is 2.60. The number of rotatable bonds is 5. The van der Waals surface area contributed by atoms with Gasteiger partial charge in [-0.3, -0.25) is 0 Å². The van der Waals surface area contributed by atoms with Gasteiger partial charge in [0.1, 0.15) is 16.4 Å². The average molecular weight is 262 g/mol. The van der Waals surface area contributed by atoms with Crippen LogP contribution in [0.3, 0.4) is 0 Å². The fourth-order valence-electron chi connectivity index (χ4n) is 1.65. The molecule has 0 aromatic carbocycles. The molecule has 0 radical (unpaired) electrons. The monoisotopic (exact) mass is 262 g/mol. The number of aryl methyl sites for hydroxylation is 1. The lowest BCUT2D eigenvalue weighted by atomic mass is 10.2. The summed E-state index contributed by atoms with van der Waals surface area (Å²) < 4.78 is 0. The second-order valence-corrected chi connectivity index (χ2v) is 5.31. The highest BCUT2D eigenvalue weighted by molar-refractivity contribution is 7.99. The molecule has 0 atom stereocenters. The second-order valence-electron chi connectivity index (χ2n) is 4.23. The van der Waals surface area contributed by atoms with Crippen LogP contribution >= 0.6 is 11.8 Å². The molecule has 1 N–H and O–H groups in total. The van der Waals surface area contributed by atoms with Crippen LogP contribution in [0.2, 0.25) is 0 Å². The maximum absolute atomic E-state index is 11.2. The van der Waals surface area contributed by atoms with E-state index < -0.39 is 5.97 Å². The summed E-state index contributed by atoms with van der Waals surface area (Å²) in [7, 11) is 0. The standard InChI is InChI=1S/C13H14N2O2S/c1-3-4-7-18-12-10(13(16)17)8(2)14-11(15-12)9-5-6-9/h1,9H,4-7H2,2H3,(H,16,17). The summed E-state index contributed by atoms with van der Waals surface area (Å²) in [5.41, 5.74) is 0.754. The van der Waals surface area contributed by atoms with E-state index in [-0.39, 0.29) is 5.56 Å². The normalized spacial score (nSPS) is 14.2. The van der Waals surface area contributed by atoms with E-state index in [4.69, 9.17) is 6.42 Å². The minimum Gasteiger partial charge on any atom is -0.478 e. The molecular formula is C13H14N2O2S. The van der Waals surface area contributed by atoms with E-state index in [1.807, 2.05) is 0 Å². The first kappa shape index (κ1) is 12.9. The van der Waals surface area contributed by atoms with Crippen molar-refractivity contribution in [1.82, 2.24) is 9.97 Å². The van der Waals surface area contributed by atoms with Gasteiger partial charge in [0.05, 0.1) is 5.69 Å². The van der Waals surface area contributed by atoms with Crippen molar-refractivity contribution < 1.29 is 9.90 Å². The molecule has 0 amide bonds. The quantitative estimate of drug-likeness (QED) is 0.382. The molecular weight excluding hydrogens is 248 g/mol. The molecule has 4 nitrogen and oxygen atoms in total. The Bertz CT molecular complexity index is 518. The summed E-state index contributed by atoms with van der Waals surface area (Å²) in [6.07, 6.45) is 7.99. The smallest absolute Gasteiger partial charge is 0.340 e. The van der Waals surface area contributed by atoms with Crippen LogP contribution < -0.4 is 0 Å². The van der Waals surface area contributed by atoms with Crippen molar-refractivity contribution in [3.05, 3.63) is 17.1 Å². The van der Waals surface area contributed by atoms with Gasteiger partial charge in [-0.25, -0.2) is 14.8 Å². The van der Waals surface area contributed by atoms with Gasteiger partial charge in [0, 0.05) is 18.1 Å². The molecule has 1 aliphatic rings. The highest BCUT2D eigenvalue weighted by Crippen LogP contribution is 2.39. The zero-order valence-electron chi connectivity index (χ0n) is 10.1. The summed E-state index contributed by atoms with van der Waals surface area (Å²) in [6, 6.07) is 0. The van der Waals surface area contributed by atoms with Gasteiger partial charge in [-0.1, -0.05) is 0 Å². The first-order valence-electron chi connectivity index (χ1n) is 5.81. The van der Waals surface area contributed by atoms with Gasteiger partial charge in [-0.05, 0) is 19.8 Å². The number of hydrogen-bond donors (Lipinski definition) is 1. The Balaban J connectivity index is 2.32. The Labute approximate surface area is 110 Å². The maximum atomic E-state index is 11.2. The predicted octanol–water partition coefficient (Wildman–Crippen LogP) is 2.48. The predicted molar refractivity (Wildman–Crippen MR) is 69.9 cm³/mol. The lowest BCUT2D eigenvalue weighted by Crippen LogP contribution is -2.09. The third kappa shape index (κ3) is 2.82. The summed E-state index contributed by atoms with van der Waals surface area (Å²) in [5, 5.41) is 9.76. The molecule has 1 saturated carbocycles. The van der Waals surface area contributed by atoms with E-state index in [2.05, 4.69) is 15.9 Å².